The molecule has 0 aliphatic heterocycles. The Labute approximate surface area is 131 Å². The molecule has 0 fully saturated rings. The van der Waals surface area contributed by atoms with Crippen molar-refractivity contribution in [3.8, 4) is 5.75 Å². The SMILES string of the molecule is C[C@H](NC(=O)CCOc1ccc(F)c(Cl)c1)c1cccs1. The molecule has 1 aromatic heterocycles. The van der Waals surface area contributed by atoms with E-state index in [1.165, 1.54) is 18.2 Å². The van der Waals surface area contributed by atoms with Crippen LogP contribution in [-0.2, 0) is 4.79 Å². The van der Waals surface area contributed by atoms with Crippen molar-refractivity contribution in [1.82, 2.24) is 5.32 Å². The highest BCUT2D eigenvalue weighted by Crippen LogP contribution is 2.21. The van der Waals surface area contributed by atoms with Crippen LogP contribution in [0.5, 0.6) is 5.75 Å². The van der Waals surface area contributed by atoms with Crippen LogP contribution in [0.15, 0.2) is 35.7 Å². The van der Waals surface area contributed by atoms with E-state index in [1.54, 1.807) is 11.3 Å². The van der Waals surface area contributed by atoms with Crippen LogP contribution in [0.3, 0.4) is 0 Å². The van der Waals surface area contributed by atoms with Crippen molar-refractivity contribution in [1.29, 1.82) is 0 Å². The standard InChI is InChI=1S/C15H15ClFNO2S/c1-10(14-3-2-8-21-14)18-15(19)6-7-20-11-4-5-13(17)12(16)9-11/h2-5,8-10H,6-7H2,1H3,(H,18,19)/t10-/m0/s1. The molecule has 0 radical (unpaired) electrons. The molecule has 2 rings (SSSR count). The number of carbonyl (C=O) groups is 1. The Kier molecular flexibility index (Phi) is 5.59. The monoisotopic (exact) mass is 327 g/mol. The predicted molar refractivity (Wildman–Crippen MR) is 82.4 cm³/mol. The van der Waals surface area contributed by atoms with Gasteiger partial charge in [0.25, 0.3) is 0 Å². The fourth-order valence-electron chi connectivity index (χ4n) is 1.75. The maximum Gasteiger partial charge on any atom is 0.223 e. The second-order valence-electron chi connectivity index (χ2n) is 4.48. The summed E-state index contributed by atoms with van der Waals surface area (Å²) >= 11 is 7.25. The van der Waals surface area contributed by atoms with Crippen molar-refractivity contribution >= 4 is 28.8 Å². The third-order valence-electron chi connectivity index (χ3n) is 2.84. The Morgan fingerprint density at radius 1 is 1.48 bits per heavy atom. The summed E-state index contributed by atoms with van der Waals surface area (Å²) in [4.78, 5) is 12.9. The molecule has 112 valence electrons. The van der Waals surface area contributed by atoms with Crippen molar-refractivity contribution in [2.75, 3.05) is 6.61 Å². The fourth-order valence-corrected chi connectivity index (χ4v) is 2.66. The number of carbonyl (C=O) groups excluding carboxylic acids is 1. The van der Waals surface area contributed by atoms with Crippen LogP contribution in [0, 0.1) is 5.82 Å². The van der Waals surface area contributed by atoms with Crippen molar-refractivity contribution in [2.24, 2.45) is 0 Å². The third-order valence-corrected chi connectivity index (χ3v) is 4.18. The zero-order valence-corrected chi connectivity index (χ0v) is 13.0. The molecule has 0 saturated heterocycles. The van der Waals surface area contributed by atoms with E-state index >= 15 is 0 Å². The lowest BCUT2D eigenvalue weighted by Gasteiger charge is -2.12. The van der Waals surface area contributed by atoms with Gasteiger partial charge in [-0.2, -0.15) is 0 Å². The molecular weight excluding hydrogens is 313 g/mol. The third kappa shape index (κ3) is 4.72. The minimum atomic E-state index is -0.494. The first-order chi connectivity index (χ1) is 10.1. The van der Waals surface area contributed by atoms with Crippen molar-refractivity contribution < 1.29 is 13.9 Å². The summed E-state index contributed by atoms with van der Waals surface area (Å²) in [6.45, 7) is 2.15. The highest BCUT2D eigenvalue weighted by molar-refractivity contribution is 7.10. The van der Waals surface area contributed by atoms with Gasteiger partial charge in [-0.1, -0.05) is 17.7 Å². The van der Waals surface area contributed by atoms with Gasteiger partial charge in [0.1, 0.15) is 11.6 Å². The van der Waals surface area contributed by atoms with Crippen molar-refractivity contribution in [2.45, 2.75) is 19.4 Å². The average molecular weight is 328 g/mol. The van der Waals surface area contributed by atoms with Crippen LogP contribution in [0.1, 0.15) is 24.3 Å². The molecule has 0 saturated carbocycles. The van der Waals surface area contributed by atoms with Gasteiger partial charge < -0.3 is 10.1 Å². The first-order valence-electron chi connectivity index (χ1n) is 6.47. The van der Waals surface area contributed by atoms with E-state index < -0.39 is 5.82 Å². The Morgan fingerprint density at radius 2 is 2.29 bits per heavy atom. The number of thiophene rings is 1. The van der Waals surface area contributed by atoms with E-state index in [1.807, 2.05) is 24.4 Å². The average Bonchev–Trinajstić information content (AvgIpc) is 2.97. The quantitative estimate of drug-likeness (QED) is 0.864. The second kappa shape index (κ2) is 7.43. The van der Waals surface area contributed by atoms with E-state index in [-0.39, 0.29) is 30.0 Å². The van der Waals surface area contributed by atoms with Crippen LogP contribution in [-0.4, -0.2) is 12.5 Å². The summed E-state index contributed by atoms with van der Waals surface area (Å²) in [6.07, 6.45) is 0.227. The summed E-state index contributed by atoms with van der Waals surface area (Å²) in [5.74, 6) is -0.142. The van der Waals surface area contributed by atoms with E-state index in [0.29, 0.717) is 5.75 Å². The number of benzene rings is 1. The number of amides is 1. The van der Waals surface area contributed by atoms with E-state index in [2.05, 4.69) is 5.32 Å². The molecule has 1 aromatic carbocycles. The predicted octanol–water partition coefficient (Wildman–Crippen LogP) is 4.19. The molecule has 0 spiro atoms. The lowest BCUT2D eigenvalue weighted by atomic mass is 10.2. The minimum Gasteiger partial charge on any atom is -0.493 e. The minimum absolute atomic E-state index is 0.00303. The summed E-state index contributed by atoms with van der Waals surface area (Å²) in [5, 5.41) is 4.87. The number of hydrogen-bond acceptors (Lipinski definition) is 3. The number of rotatable bonds is 6. The van der Waals surface area contributed by atoms with E-state index in [4.69, 9.17) is 16.3 Å². The molecule has 0 aliphatic carbocycles. The molecule has 1 N–H and O–H groups in total. The highest BCUT2D eigenvalue weighted by Gasteiger charge is 2.10. The van der Waals surface area contributed by atoms with Gasteiger partial charge in [0, 0.05) is 10.9 Å². The van der Waals surface area contributed by atoms with Crippen LogP contribution in [0.2, 0.25) is 5.02 Å². The van der Waals surface area contributed by atoms with E-state index in [0.717, 1.165) is 4.88 Å². The zero-order chi connectivity index (χ0) is 15.2. The highest BCUT2D eigenvalue weighted by atomic mass is 35.5. The number of ether oxygens (including phenoxy) is 1. The molecule has 6 heteroatoms. The molecule has 21 heavy (non-hydrogen) atoms. The maximum absolute atomic E-state index is 13.0. The van der Waals surface area contributed by atoms with Gasteiger partial charge in [0.15, 0.2) is 0 Å². The molecule has 1 amide bonds. The largest absolute Gasteiger partial charge is 0.493 e. The van der Waals surface area contributed by atoms with Gasteiger partial charge in [0.05, 0.1) is 24.1 Å². The first kappa shape index (κ1) is 15.8. The van der Waals surface area contributed by atoms with Gasteiger partial charge in [-0.15, -0.1) is 11.3 Å². The van der Waals surface area contributed by atoms with Crippen LogP contribution in [0.25, 0.3) is 0 Å². The van der Waals surface area contributed by atoms with Gasteiger partial charge >= 0.3 is 0 Å². The fraction of sp³-hybridized carbons (Fsp3) is 0.267. The Morgan fingerprint density at radius 3 is 2.95 bits per heavy atom. The molecule has 3 nitrogen and oxygen atoms in total. The summed E-state index contributed by atoms with van der Waals surface area (Å²) in [7, 11) is 0. The topological polar surface area (TPSA) is 38.3 Å². The Bertz CT molecular complexity index is 604. The van der Waals surface area contributed by atoms with Gasteiger partial charge in [0.2, 0.25) is 5.91 Å². The van der Waals surface area contributed by atoms with Crippen LogP contribution in [0.4, 0.5) is 4.39 Å². The van der Waals surface area contributed by atoms with Crippen molar-refractivity contribution in [3.05, 3.63) is 51.4 Å². The van der Waals surface area contributed by atoms with Gasteiger partial charge in [-0.05, 0) is 30.5 Å². The summed E-state index contributed by atoms with van der Waals surface area (Å²) in [6, 6.07) is 8.02. The normalized spacial score (nSPS) is 12.0. The molecule has 0 aliphatic rings. The van der Waals surface area contributed by atoms with Crippen molar-refractivity contribution in [3.63, 3.8) is 0 Å². The Hall–Kier alpha value is -1.59. The molecular formula is C15H15ClFNO2S. The maximum atomic E-state index is 13.0. The molecule has 1 heterocycles. The number of nitrogens with one attached hydrogen (secondary N) is 1. The summed E-state index contributed by atoms with van der Waals surface area (Å²) in [5.41, 5.74) is 0. The second-order valence-corrected chi connectivity index (χ2v) is 5.87. The number of halogens is 2. The smallest absolute Gasteiger partial charge is 0.223 e. The van der Waals surface area contributed by atoms with E-state index in [9.17, 15) is 9.18 Å². The molecule has 2 aromatic rings. The van der Waals surface area contributed by atoms with Crippen LogP contribution >= 0.6 is 22.9 Å². The molecule has 1 atom stereocenters. The summed E-state index contributed by atoms with van der Waals surface area (Å²) < 4.78 is 18.4. The van der Waals surface area contributed by atoms with Crippen LogP contribution < -0.4 is 10.1 Å². The lowest BCUT2D eigenvalue weighted by molar-refractivity contribution is -0.122. The molecule has 0 bridgehead atoms. The number of hydrogen-bond donors (Lipinski definition) is 1. The first-order valence-corrected chi connectivity index (χ1v) is 7.72. The Balaban J connectivity index is 1.75. The molecule has 0 unspecified atom stereocenters. The van der Waals surface area contributed by atoms with Gasteiger partial charge in [-0.3, -0.25) is 4.79 Å². The lowest BCUT2D eigenvalue weighted by Crippen LogP contribution is -2.27. The van der Waals surface area contributed by atoms with Gasteiger partial charge in [-0.25, -0.2) is 4.39 Å². The zero-order valence-electron chi connectivity index (χ0n) is 11.4.